The number of amidine groups is 1. The maximum Gasteiger partial charge on any atom is 0.275 e. The third-order valence-corrected chi connectivity index (χ3v) is 4.02. The van der Waals surface area contributed by atoms with Gasteiger partial charge in [-0.2, -0.15) is 0 Å². The first-order chi connectivity index (χ1) is 10.5. The first-order valence-corrected chi connectivity index (χ1v) is 7.56. The summed E-state index contributed by atoms with van der Waals surface area (Å²) < 4.78 is 0. The normalized spacial score (nSPS) is 18.0. The zero-order chi connectivity index (χ0) is 15.7. The predicted molar refractivity (Wildman–Crippen MR) is 84.4 cm³/mol. The molecule has 114 valence electrons. The van der Waals surface area contributed by atoms with Crippen LogP contribution >= 0.6 is 0 Å². The number of benzene rings is 2. The molecule has 4 nitrogen and oxygen atoms in total. The van der Waals surface area contributed by atoms with Crippen LogP contribution in [0.3, 0.4) is 0 Å². The Balaban J connectivity index is 2.09. The summed E-state index contributed by atoms with van der Waals surface area (Å²) in [5, 5.41) is 16.6. The van der Waals surface area contributed by atoms with Crippen molar-refractivity contribution in [2.75, 3.05) is 6.54 Å². The van der Waals surface area contributed by atoms with Gasteiger partial charge in [-0.05, 0) is 36.2 Å². The Bertz CT molecular complexity index is 763. The van der Waals surface area contributed by atoms with E-state index in [-0.39, 0.29) is 12.0 Å². The molecule has 0 saturated heterocycles. The third kappa shape index (κ3) is 2.82. The monoisotopic (exact) mass is 296 g/mol. The lowest BCUT2D eigenvalue weighted by Crippen LogP contribution is -2.79. The molecule has 0 bridgehead atoms. The molecule has 2 aromatic carbocycles. The second-order valence-corrected chi connectivity index (χ2v) is 6.42. The van der Waals surface area contributed by atoms with Crippen molar-refractivity contribution in [1.82, 2.24) is 5.32 Å². The van der Waals surface area contributed by atoms with Crippen LogP contribution in [0, 0.1) is 0 Å². The number of hydrogen-bond donors (Lipinski definition) is 2. The number of nitrogens with one attached hydrogen (secondary N) is 2. The maximum atomic E-state index is 10.6. The fraction of sp³-hybridized carbons (Fsp3) is 0.333. The van der Waals surface area contributed by atoms with E-state index in [0.29, 0.717) is 6.54 Å². The van der Waals surface area contributed by atoms with E-state index in [2.05, 4.69) is 54.5 Å². The average Bonchev–Trinajstić information content (AvgIpc) is 2.45. The van der Waals surface area contributed by atoms with Gasteiger partial charge in [0.25, 0.3) is 5.84 Å². The number of hydrogen-bond acceptors (Lipinski definition) is 2. The van der Waals surface area contributed by atoms with Gasteiger partial charge in [0.2, 0.25) is 0 Å². The highest BCUT2D eigenvalue weighted by atomic mass is 16.4. The molecule has 22 heavy (non-hydrogen) atoms. The lowest BCUT2D eigenvalue weighted by Gasteiger charge is -2.30. The van der Waals surface area contributed by atoms with Crippen molar-refractivity contribution in [3.05, 3.63) is 47.5 Å². The minimum absolute atomic E-state index is 0.00543. The summed E-state index contributed by atoms with van der Waals surface area (Å²) in [6, 6.07) is 12.6. The van der Waals surface area contributed by atoms with Crippen LogP contribution in [0.2, 0.25) is 0 Å². The van der Waals surface area contributed by atoms with E-state index < -0.39 is 5.97 Å². The number of carboxylic acids is 1. The first kappa shape index (κ1) is 14.6. The van der Waals surface area contributed by atoms with Gasteiger partial charge in [-0.1, -0.05) is 30.3 Å². The highest BCUT2D eigenvalue weighted by Crippen LogP contribution is 2.29. The van der Waals surface area contributed by atoms with Gasteiger partial charge in [-0.25, -0.2) is 0 Å². The highest BCUT2D eigenvalue weighted by molar-refractivity contribution is 6.03. The van der Waals surface area contributed by atoms with E-state index in [0.717, 1.165) is 17.8 Å². The molecule has 1 aliphatic heterocycles. The van der Waals surface area contributed by atoms with Crippen LogP contribution in [0.5, 0.6) is 0 Å². The summed E-state index contributed by atoms with van der Waals surface area (Å²) >= 11 is 0. The summed E-state index contributed by atoms with van der Waals surface area (Å²) in [6.45, 7) is 4.66. The van der Waals surface area contributed by atoms with Crippen molar-refractivity contribution in [2.45, 2.75) is 32.2 Å². The molecule has 0 unspecified atom stereocenters. The maximum absolute atomic E-state index is 10.6. The van der Waals surface area contributed by atoms with Gasteiger partial charge in [0.05, 0.1) is 12.1 Å². The summed E-state index contributed by atoms with van der Waals surface area (Å²) in [6.07, 6.45) is 0.921. The second kappa shape index (κ2) is 5.44. The predicted octanol–water partition coefficient (Wildman–Crippen LogP) is -0.269. The van der Waals surface area contributed by atoms with E-state index in [9.17, 15) is 9.90 Å². The molecule has 1 heterocycles. The first-order valence-electron chi connectivity index (χ1n) is 7.56. The second-order valence-electron chi connectivity index (χ2n) is 6.42. The van der Waals surface area contributed by atoms with Crippen molar-refractivity contribution in [3.8, 4) is 0 Å². The molecular weight excluding hydrogens is 276 g/mol. The van der Waals surface area contributed by atoms with E-state index in [1.165, 1.54) is 16.3 Å². The molecule has 0 amide bonds. The number of fused-ring (bicyclic) bond motifs is 3. The Hall–Kier alpha value is -2.36. The van der Waals surface area contributed by atoms with Crippen molar-refractivity contribution < 1.29 is 14.9 Å². The van der Waals surface area contributed by atoms with Gasteiger partial charge >= 0.3 is 0 Å². The summed E-state index contributed by atoms with van der Waals surface area (Å²) in [5.74, 6) is -0.139. The lowest BCUT2D eigenvalue weighted by atomic mass is 9.84. The number of carbonyl (C=O) groups excluding carboxylic acids is 1. The summed E-state index contributed by atoms with van der Waals surface area (Å²) in [7, 11) is 0. The van der Waals surface area contributed by atoms with Gasteiger partial charge in [-0.15, -0.1) is 0 Å². The van der Waals surface area contributed by atoms with Gasteiger partial charge < -0.3 is 9.90 Å². The molecule has 1 aliphatic rings. The van der Waals surface area contributed by atoms with Crippen LogP contribution in [0.4, 0.5) is 0 Å². The minimum atomic E-state index is -1.04. The van der Waals surface area contributed by atoms with E-state index in [1.54, 1.807) is 0 Å². The van der Waals surface area contributed by atoms with Gasteiger partial charge in [0.15, 0.2) is 0 Å². The van der Waals surface area contributed by atoms with Crippen molar-refractivity contribution in [3.63, 3.8) is 0 Å². The summed E-state index contributed by atoms with van der Waals surface area (Å²) in [5.41, 5.74) is 2.34. The Morgan fingerprint density at radius 1 is 1.27 bits per heavy atom. The van der Waals surface area contributed by atoms with Crippen LogP contribution in [0.15, 0.2) is 36.4 Å². The van der Waals surface area contributed by atoms with Crippen LogP contribution in [-0.2, 0) is 11.2 Å². The van der Waals surface area contributed by atoms with Gasteiger partial charge in [0.1, 0.15) is 5.54 Å². The molecule has 0 aliphatic carbocycles. The number of aliphatic carboxylic acids is 1. The fourth-order valence-electron chi connectivity index (χ4n) is 3.08. The Morgan fingerprint density at radius 3 is 2.82 bits per heavy atom. The molecule has 0 aromatic heterocycles. The smallest absolute Gasteiger partial charge is 0.275 e. The molecule has 3 rings (SSSR count). The molecular formula is C18H20N2O2. The fourth-order valence-corrected chi connectivity index (χ4v) is 3.08. The molecule has 4 heteroatoms. The van der Waals surface area contributed by atoms with Crippen LogP contribution in [-0.4, -0.2) is 23.9 Å². The molecule has 0 radical (unpaired) electrons. The van der Waals surface area contributed by atoms with Gasteiger partial charge in [0, 0.05) is 18.8 Å². The topological polar surface area (TPSA) is 66.1 Å². The van der Waals surface area contributed by atoms with Crippen LogP contribution in [0.1, 0.15) is 31.4 Å². The zero-order valence-electron chi connectivity index (χ0n) is 12.9. The standard InChI is InChI=1S/C18H20N2O2/c1-18(2)11-15-13-6-4-3-5-12(13)7-8-14(15)17(20-18)19-10-9-16(21)22/h3-8H,9-11H2,1-2H3,(H,19,20)(H,21,22). The minimum Gasteiger partial charge on any atom is -0.550 e. The van der Waals surface area contributed by atoms with Crippen LogP contribution in [0.25, 0.3) is 10.8 Å². The van der Waals surface area contributed by atoms with E-state index in [4.69, 9.17) is 0 Å². The van der Waals surface area contributed by atoms with E-state index >= 15 is 0 Å². The summed E-state index contributed by atoms with van der Waals surface area (Å²) in [4.78, 5) is 13.8. The van der Waals surface area contributed by atoms with E-state index in [1.807, 2.05) is 6.07 Å². The largest absolute Gasteiger partial charge is 0.550 e. The van der Waals surface area contributed by atoms with Crippen molar-refractivity contribution >= 4 is 22.6 Å². The Kier molecular flexibility index (Phi) is 3.61. The average molecular weight is 296 g/mol. The Labute approximate surface area is 129 Å². The quantitative estimate of drug-likeness (QED) is 0.819. The third-order valence-electron chi connectivity index (χ3n) is 4.02. The highest BCUT2D eigenvalue weighted by Gasteiger charge is 2.34. The van der Waals surface area contributed by atoms with Gasteiger partial charge in [-0.3, -0.25) is 10.3 Å². The number of rotatable bonds is 3. The van der Waals surface area contributed by atoms with Crippen LogP contribution < -0.4 is 15.4 Å². The SMILES string of the molecule is CC1(C)Cc2c(ccc3ccccc23)C(=[NH+]CCC(=O)[O-])N1. The van der Waals surface area contributed by atoms with Crippen molar-refractivity contribution in [2.24, 2.45) is 0 Å². The number of carboxylic acid groups (broad SMARTS) is 1. The molecule has 2 N–H and O–H groups in total. The number of carbonyl (C=O) groups is 1. The molecule has 2 aromatic rings. The zero-order valence-corrected chi connectivity index (χ0v) is 12.9. The molecule has 0 spiro atoms. The molecule has 0 saturated carbocycles. The van der Waals surface area contributed by atoms with Crippen molar-refractivity contribution in [1.29, 1.82) is 0 Å². The lowest BCUT2D eigenvalue weighted by molar-refractivity contribution is -0.460. The molecule has 0 atom stereocenters. The Morgan fingerprint density at radius 2 is 2.05 bits per heavy atom. The molecule has 0 fully saturated rings.